The summed E-state index contributed by atoms with van der Waals surface area (Å²) in [5.41, 5.74) is 5.84. The Morgan fingerprint density at radius 2 is 2.08 bits per heavy atom. The molecule has 1 saturated carbocycles. The molecule has 13 heavy (non-hydrogen) atoms. The van der Waals surface area contributed by atoms with Crippen molar-refractivity contribution in [1.29, 1.82) is 0 Å². The molecule has 0 aromatic heterocycles. The van der Waals surface area contributed by atoms with Gasteiger partial charge in [0.2, 0.25) is 0 Å². The summed E-state index contributed by atoms with van der Waals surface area (Å²) in [7, 11) is 0. The molecule has 1 aliphatic carbocycles. The number of fused-ring (bicyclic) bond motifs is 2. The van der Waals surface area contributed by atoms with Gasteiger partial charge in [0.1, 0.15) is 0 Å². The van der Waals surface area contributed by atoms with E-state index < -0.39 is 0 Å². The summed E-state index contributed by atoms with van der Waals surface area (Å²) in [4.78, 5) is 2.63. The average Bonchev–Trinajstić information content (AvgIpc) is 2.00. The molecule has 2 nitrogen and oxygen atoms in total. The minimum absolute atomic E-state index is 0.701. The van der Waals surface area contributed by atoms with Crippen LogP contribution < -0.4 is 5.73 Å². The second-order valence-electron chi connectivity index (χ2n) is 5.25. The van der Waals surface area contributed by atoms with Crippen molar-refractivity contribution in [3.05, 3.63) is 0 Å². The molecule has 0 aromatic rings. The molecular weight excluding hydrogens is 160 g/mol. The number of piperidine rings is 2. The number of nitrogens with two attached hydrogens (primary N) is 1. The van der Waals surface area contributed by atoms with Gasteiger partial charge in [-0.25, -0.2) is 0 Å². The van der Waals surface area contributed by atoms with Gasteiger partial charge >= 0.3 is 0 Å². The first kappa shape index (κ1) is 9.47. The van der Waals surface area contributed by atoms with Gasteiger partial charge in [-0.3, -0.25) is 4.90 Å². The fourth-order valence-corrected chi connectivity index (χ4v) is 3.04. The summed E-state index contributed by atoms with van der Waals surface area (Å²) in [5, 5.41) is 0. The summed E-state index contributed by atoms with van der Waals surface area (Å²) in [6, 6.07) is 0.701. The van der Waals surface area contributed by atoms with Crippen molar-refractivity contribution in [3.63, 3.8) is 0 Å². The Labute approximate surface area is 81.5 Å². The van der Waals surface area contributed by atoms with E-state index in [1.807, 2.05) is 0 Å². The van der Waals surface area contributed by atoms with Crippen LogP contribution >= 0.6 is 0 Å². The SMILES string of the molecule is CC(C)CN1CC2CC(C2)C1CN. The van der Waals surface area contributed by atoms with E-state index >= 15 is 0 Å². The molecule has 2 N–H and O–H groups in total. The van der Waals surface area contributed by atoms with E-state index in [9.17, 15) is 0 Å². The van der Waals surface area contributed by atoms with Crippen LogP contribution in [-0.2, 0) is 0 Å². The number of hydrogen-bond acceptors (Lipinski definition) is 2. The summed E-state index contributed by atoms with van der Waals surface area (Å²) in [6.45, 7) is 8.02. The minimum Gasteiger partial charge on any atom is -0.329 e. The molecule has 3 fully saturated rings. The van der Waals surface area contributed by atoms with E-state index in [0.717, 1.165) is 24.3 Å². The third kappa shape index (κ3) is 1.75. The van der Waals surface area contributed by atoms with Crippen LogP contribution in [0, 0.1) is 17.8 Å². The van der Waals surface area contributed by atoms with Crippen LogP contribution in [0.1, 0.15) is 26.7 Å². The third-order valence-corrected chi connectivity index (χ3v) is 3.62. The van der Waals surface area contributed by atoms with E-state index in [2.05, 4.69) is 18.7 Å². The molecule has 2 aliphatic heterocycles. The Bertz CT molecular complexity index is 171. The Balaban J connectivity index is 1.93. The fourth-order valence-electron chi connectivity index (χ4n) is 3.04. The molecule has 2 heterocycles. The van der Waals surface area contributed by atoms with Crippen molar-refractivity contribution in [3.8, 4) is 0 Å². The van der Waals surface area contributed by atoms with Crippen LogP contribution in [-0.4, -0.2) is 30.6 Å². The molecule has 0 aromatic carbocycles. The molecule has 1 unspecified atom stereocenters. The zero-order valence-electron chi connectivity index (χ0n) is 8.87. The van der Waals surface area contributed by atoms with Gasteiger partial charge in [-0.1, -0.05) is 13.8 Å². The lowest BCUT2D eigenvalue weighted by Gasteiger charge is -2.53. The molecule has 2 bridgehead atoms. The maximum atomic E-state index is 5.84. The molecule has 0 radical (unpaired) electrons. The molecule has 0 amide bonds. The van der Waals surface area contributed by atoms with Gasteiger partial charge in [-0.2, -0.15) is 0 Å². The molecule has 3 rings (SSSR count). The lowest BCUT2D eigenvalue weighted by molar-refractivity contribution is -0.0314. The molecule has 76 valence electrons. The van der Waals surface area contributed by atoms with Gasteiger partial charge in [0.15, 0.2) is 0 Å². The first-order valence-electron chi connectivity index (χ1n) is 5.64. The van der Waals surface area contributed by atoms with Crippen molar-refractivity contribution in [1.82, 2.24) is 4.90 Å². The Morgan fingerprint density at radius 3 is 2.62 bits per heavy atom. The topological polar surface area (TPSA) is 29.3 Å². The number of hydrogen-bond donors (Lipinski definition) is 1. The highest BCUT2D eigenvalue weighted by Crippen LogP contribution is 2.43. The highest BCUT2D eigenvalue weighted by molar-refractivity contribution is 4.97. The van der Waals surface area contributed by atoms with E-state index in [-0.39, 0.29) is 0 Å². The first-order chi connectivity index (χ1) is 6.20. The van der Waals surface area contributed by atoms with E-state index in [1.54, 1.807) is 0 Å². The van der Waals surface area contributed by atoms with Crippen LogP contribution in [0.5, 0.6) is 0 Å². The fraction of sp³-hybridized carbons (Fsp3) is 1.00. The monoisotopic (exact) mass is 182 g/mol. The van der Waals surface area contributed by atoms with Crippen LogP contribution in [0.25, 0.3) is 0 Å². The highest BCUT2D eigenvalue weighted by atomic mass is 15.2. The van der Waals surface area contributed by atoms with Crippen molar-refractivity contribution < 1.29 is 0 Å². The van der Waals surface area contributed by atoms with E-state index in [1.165, 1.54) is 25.9 Å². The van der Waals surface area contributed by atoms with Gasteiger partial charge in [0.05, 0.1) is 0 Å². The van der Waals surface area contributed by atoms with Gasteiger partial charge in [0.25, 0.3) is 0 Å². The first-order valence-corrected chi connectivity index (χ1v) is 5.64. The molecule has 2 heteroatoms. The molecule has 1 atom stereocenters. The second kappa shape index (κ2) is 3.58. The zero-order chi connectivity index (χ0) is 9.42. The highest BCUT2D eigenvalue weighted by Gasteiger charge is 2.43. The Hall–Kier alpha value is -0.0800. The molecular formula is C11H22N2. The Kier molecular flexibility index (Phi) is 2.61. The minimum atomic E-state index is 0.701. The predicted octanol–water partition coefficient (Wildman–Crippen LogP) is 1.31. The smallest absolute Gasteiger partial charge is 0.0247 e. The molecule has 0 spiro atoms. The average molecular weight is 182 g/mol. The molecule has 2 saturated heterocycles. The largest absolute Gasteiger partial charge is 0.329 e. The normalized spacial score (nSPS) is 39.2. The van der Waals surface area contributed by atoms with Gasteiger partial charge < -0.3 is 5.73 Å². The van der Waals surface area contributed by atoms with Crippen molar-refractivity contribution in [2.24, 2.45) is 23.5 Å². The van der Waals surface area contributed by atoms with Crippen molar-refractivity contribution in [2.45, 2.75) is 32.7 Å². The Morgan fingerprint density at radius 1 is 1.38 bits per heavy atom. The van der Waals surface area contributed by atoms with Crippen molar-refractivity contribution in [2.75, 3.05) is 19.6 Å². The van der Waals surface area contributed by atoms with Gasteiger partial charge in [-0.15, -0.1) is 0 Å². The van der Waals surface area contributed by atoms with E-state index in [0.29, 0.717) is 6.04 Å². The van der Waals surface area contributed by atoms with Gasteiger partial charge in [-0.05, 0) is 30.6 Å². The van der Waals surface area contributed by atoms with Crippen LogP contribution in [0.3, 0.4) is 0 Å². The van der Waals surface area contributed by atoms with Crippen LogP contribution in [0.2, 0.25) is 0 Å². The van der Waals surface area contributed by atoms with Gasteiger partial charge in [0, 0.05) is 25.7 Å². The van der Waals surface area contributed by atoms with E-state index in [4.69, 9.17) is 5.73 Å². The quantitative estimate of drug-likeness (QED) is 0.713. The van der Waals surface area contributed by atoms with Crippen molar-refractivity contribution >= 4 is 0 Å². The molecule has 3 aliphatic rings. The summed E-state index contributed by atoms with van der Waals surface area (Å²) >= 11 is 0. The van der Waals surface area contributed by atoms with Crippen LogP contribution in [0.4, 0.5) is 0 Å². The standard InChI is InChI=1S/C11H22N2/c1-8(2)6-13-7-9-3-10(4-9)11(13)5-12/h8-11H,3-7,12H2,1-2H3. The maximum Gasteiger partial charge on any atom is 0.0247 e. The third-order valence-electron chi connectivity index (χ3n) is 3.62. The zero-order valence-corrected chi connectivity index (χ0v) is 8.87. The summed E-state index contributed by atoms with van der Waals surface area (Å²) < 4.78 is 0. The summed E-state index contributed by atoms with van der Waals surface area (Å²) in [5.74, 6) is 2.72. The maximum absolute atomic E-state index is 5.84. The second-order valence-corrected chi connectivity index (χ2v) is 5.25. The number of nitrogens with zero attached hydrogens (tertiary/aromatic N) is 1. The summed E-state index contributed by atoms with van der Waals surface area (Å²) in [6.07, 6.45) is 2.91. The number of rotatable bonds is 3. The lowest BCUT2D eigenvalue weighted by Crippen LogP contribution is -2.59. The lowest BCUT2D eigenvalue weighted by atomic mass is 9.66. The van der Waals surface area contributed by atoms with Crippen LogP contribution in [0.15, 0.2) is 0 Å². The predicted molar refractivity (Wildman–Crippen MR) is 55.5 cm³/mol.